The van der Waals surface area contributed by atoms with Crippen LogP contribution in [-0.4, -0.2) is 48.9 Å². The lowest BCUT2D eigenvalue weighted by Crippen LogP contribution is -2.40. The summed E-state index contributed by atoms with van der Waals surface area (Å²) in [6.07, 6.45) is -0.385. The van der Waals surface area contributed by atoms with Gasteiger partial charge in [-0.1, -0.05) is 0 Å². The van der Waals surface area contributed by atoms with Crippen molar-refractivity contribution in [2.75, 3.05) is 20.2 Å². The van der Waals surface area contributed by atoms with Crippen molar-refractivity contribution in [2.45, 2.75) is 45.1 Å². The largest absolute Gasteiger partial charge is 0.444 e. The van der Waals surface area contributed by atoms with Crippen LogP contribution in [0.15, 0.2) is 12.1 Å². The molecule has 1 unspecified atom stereocenters. The molecule has 0 aromatic carbocycles. The average Bonchev–Trinajstić information content (AvgIpc) is 3.09. The Morgan fingerprint density at radius 3 is 2.78 bits per heavy atom. The van der Waals surface area contributed by atoms with Crippen molar-refractivity contribution in [2.24, 2.45) is 0 Å². The molecule has 0 aliphatic carbocycles. The van der Waals surface area contributed by atoms with E-state index in [2.05, 4.69) is 11.4 Å². The zero-order valence-corrected chi connectivity index (χ0v) is 14.8. The summed E-state index contributed by atoms with van der Waals surface area (Å²) in [5.74, 6) is 0. The van der Waals surface area contributed by atoms with Crippen LogP contribution < -0.4 is 5.32 Å². The first kappa shape index (κ1) is 17.7. The minimum atomic E-state index is -0.504. The van der Waals surface area contributed by atoms with Crippen molar-refractivity contribution in [3.63, 3.8) is 0 Å². The molecule has 2 heterocycles. The molecule has 1 aromatic rings. The number of amides is 1. The zero-order valence-electron chi connectivity index (χ0n) is 14.0. The van der Waals surface area contributed by atoms with E-state index in [0.29, 0.717) is 24.5 Å². The van der Waals surface area contributed by atoms with Crippen LogP contribution in [0.25, 0.3) is 0 Å². The molecule has 1 aromatic heterocycles. The number of nitriles is 1. The van der Waals surface area contributed by atoms with Gasteiger partial charge in [-0.3, -0.25) is 0 Å². The number of likely N-dealkylation sites (tertiary alicyclic amines) is 1. The van der Waals surface area contributed by atoms with E-state index in [4.69, 9.17) is 14.7 Å². The van der Waals surface area contributed by atoms with E-state index in [1.54, 1.807) is 12.0 Å². The Hall–Kier alpha value is -1.62. The standard InChI is InChI=1S/C16H23N3O3S/c1-16(2,3)22-15(20)19-9-13(14(10-19)21-4)18-8-12-6-5-11(7-17)23-12/h5-6,13-14,18H,8-10H2,1-4H3/t13?,14-/m0/s1. The zero-order chi connectivity index (χ0) is 17.0. The molecule has 1 fully saturated rings. The van der Waals surface area contributed by atoms with Crippen LogP contribution in [0.1, 0.15) is 30.5 Å². The molecular weight excluding hydrogens is 314 g/mol. The van der Waals surface area contributed by atoms with Gasteiger partial charge in [0, 0.05) is 25.1 Å². The second kappa shape index (κ2) is 7.30. The normalized spacial score (nSPS) is 21.3. The van der Waals surface area contributed by atoms with Crippen molar-refractivity contribution in [3.8, 4) is 6.07 Å². The van der Waals surface area contributed by atoms with Crippen LogP contribution in [-0.2, 0) is 16.0 Å². The number of nitrogens with one attached hydrogen (secondary N) is 1. The number of thiophene rings is 1. The third kappa shape index (κ3) is 4.93. The molecule has 2 rings (SSSR count). The Morgan fingerprint density at radius 1 is 1.48 bits per heavy atom. The minimum absolute atomic E-state index is 0.0418. The predicted octanol–water partition coefficient (Wildman–Crippen LogP) is 2.34. The highest BCUT2D eigenvalue weighted by Gasteiger charge is 2.37. The van der Waals surface area contributed by atoms with Crippen molar-refractivity contribution in [1.82, 2.24) is 10.2 Å². The molecule has 1 N–H and O–H groups in total. The van der Waals surface area contributed by atoms with Crippen molar-refractivity contribution in [1.29, 1.82) is 5.26 Å². The second-order valence-corrected chi connectivity index (χ2v) is 7.69. The number of nitrogens with zero attached hydrogens (tertiary/aromatic N) is 2. The lowest BCUT2D eigenvalue weighted by molar-refractivity contribution is 0.0252. The fourth-order valence-corrected chi connectivity index (χ4v) is 3.20. The van der Waals surface area contributed by atoms with Gasteiger partial charge in [0.15, 0.2) is 0 Å². The van der Waals surface area contributed by atoms with E-state index in [9.17, 15) is 4.79 Å². The first-order chi connectivity index (χ1) is 10.8. The van der Waals surface area contributed by atoms with Crippen molar-refractivity contribution in [3.05, 3.63) is 21.9 Å². The Kier molecular flexibility index (Phi) is 5.63. The Labute approximate surface area is 141 Å². The summed E-state index contributed by atoms with van der Waals surface area (Å²) in [7, 11) is 1.65. The maximum Gasteiger partial charge on any atom is 0.410 e. The molecule has 0 saturated carbocycles. The summed E-state index contributed by atoms with van der Waals surface area (Å²) in [4.78, 5) is 15.6. The predicted molar refractivity (Wildman–Crippen MR) is 88.3 cm³/mol. The lowest BCUT2D eigenvalue weighted by atomic mass is 10.2. The van der Waals surface area contributed by atoms with Crippen LogP contribution in [0.5, 0.6) is 0 Å². The highest BCUT2D eigenvalue weighted by atomic mass is 32.1. The maximum absolute atomic E-state index is 12.2. The first-order valence-electron chi connectivity index (χ1n) is 7.55. The molecule has 2 atom stereocenters. The highest BCUT2D eigenvalue weighted by Crippen LogP contribution is 2.19. The third-order valence-electron chi connectivity index (χ3n) is 3.53. The Balaban J connectivity index is 1.91. The molecule has 1 amide bonds. The number of methoxy groups -OCH3 is 1. The van der Waals surface area contributed by atoms with Gasteiger partial charge >= 0.3 is 6.09 Å². The number of rotatable bonds is 4. The summed E-state index contributed by atoms with van der Waals surface area (Å²) in [6, 6.07) is 5.94. The number of hydrogen-bond acceptors (Lipinski definition) is 6. The summed E-state index contributed by atoms with van der Waals surface area (Å²) >= 11 is 1.47. The monoisotopic (exact) mass is 337 g/mol. The van der Waals surface area contributed by atoms with E-state index < -0.39 is 5.60 Å². The van der Waals surface area contributed by atoms with Gasteiger partial charge in [0.2, 0.25) is 0 Å². The lowest BCUT2D eigenvalue weighted by Gasteiger charge is -2.24. The van der Waals surface area contributed by atoms with Crippen LogP contribution >= 0.6 is 11.3 Å². The van der Waals surface area contributed by atoms with Crippen LogP contribution in [0.3, 0.4) is 0 Å². The molecule has 7 heteroatoms. The van der Waals surface area contributed by atoms with Crippen LogP contribution in [0, 0.1) is 11.3 Å². The minimum Gasteiger partial charge on any atom is -0.444 e. The SMILES string of the molecule is CO[C@H]1CN(C(=O)OC(C)(C)C)CC1NCc1ccc(C#N)s1. The third-order valence-corrected chi connectivity index (χ3v) is 4.52. The van der Waals surface area contributed by atoms with Gasteiger partial charge in [0.1, 0.15) is 16.5 Å². The summed E-state index contributed by atoms with van der Waals surface area (Å²) < 4.78 is 10.9. The first-order valence-corrected chi connectivity index (χ1v) is 8.37. The maximum atomic E-state index is 12.2. The van der Waals surface area contributed by atoms with Gasteiger partial charge in [0.05, 0.1) is 18.7 Å². The van der Waals surface area contributed by atoms with Gasteiger partial charge in [0.25, 0.3) is 0 Å². The van der Waals surface area contributed by atoms with E-state index in [-0.39, 0.29) is 18.2 Å². The van der Waals surface area contributed by atoms with Gasteiger partial charge in [-0.15, -0.1) is 11.3 Å². The summed E-state index contributed by atoms with van der Waals surface area (Å²) in [5, 5.41) is 12.3. The van der Waals surface area contributed by atoms with Crippen molar-refractivity contribution >= 4 is 17.4 Å². The molecule has 1 aliphatic heterocycles. The molecular formula is C16H23N3O3S. The molecule has 1 saturated heterocycles. The average molecular weight is 337 g/mol. The number of carbonyl (C=O) groups excluding carboxylic acids is 1. The topological polar surface area (TPSA) is 74.6 Å². The van der Waals surface area contributed by atoms with Gasteiger partial charge in [-0.2, -0.15) is 5.26 Å². The number of carbonyl (C=O) groups is 1. The van der Waals surface area contributed by atoms with Crippen LogP contribution in [0.2, 0.25) is 0 Å². The van der Waals surface area contributed by atoms with E-state index >= 15 is 0 Å². The van der Waals surface area contributed by atoms with Gasteiger partial charge in [-0.25, -0.2) is 4.79 Å². The molecule has 0 radical (unpaired) electrons. The smallest absolute Gasteiger partial charge is 0.410 e. The second-order valence-electron chi connectivity index (χ2n) is 6.52. The Bertz CT molecular complexity index is 588. The highest BCUT2D eigenvalue weighted by molar-refractivity contribution is 7.12. The van der Waals surface area contributed by atoms with E-state index in [0.717, 1.165) is 4.88 Å². The molecule has 0 spiro atoms. The van der Waals surface area contributed by atoms with E-state index in [1.807, 2.05) is 32.9 Å². The summed E-state index contributed by atoms with van der Waals surface area (Å²) in [5.41, 5.74) is -0.504. The fraction of sp³-hybridized carbons (Fsp3) is 0.625. The molecule has 1 aliphatic rings. The van der Waals surface area contributed by atoms with E-state index in [1.165, 1.54) is 11.3 Å². The molecule has 126 valence electrons. The van der Waals surface area contributed by atoms with Crippen molar-refractivity contribution < 1.29 is 14.3 Å². The Morgan fingerprint density at radius 2 is 2.22 bits per heavy atom. The molecule has 6 nitrogen and oxygen atoms in total. The van der Waals surface area contributed by atoms with Gasteiger partial charge < -0.3 is 19.7 Å². The number of hydrogen-bond donors (Lipinski definition) is 1. The molecule has 0 bridgehead atoms. The van der Waals surface area contributed by atoms with Gasteiger partial charge in [-0.05, 0) is 32.9 Å². The molecule has 23 heavy (non-hydrogen) atoms. The summed E-state index contributed by atoms with van der Waals surface area (Å²) in [6.45, 7) is 7.27. The van der Waals surface area contributed by atoms with Crippen LogP contribution in [0.4, 0.5) is 4.79 Å². The number of ether oxygens (including phenoxy) is 2. The fourth-order valence-electron chi connectivity index (χ4n) is 2.45. The quantitative estimate of drug-likeness (QED) is 0.913.